The van der Waals surface area contributed by atoms with Crippen LogP contribution in [-0.4, -0.2) is 7.11 Å². The summed E-state index contributed by atoms with van der Waals surface area (Å²) < 4.78 is 5.30. The van der Waals surface area contributed by atoms with E-state index in [1.807, 2.05) is 6.07 Å². The third kappa shape index (κ3) is 3.05. The lowest BCUT2D eigenvalue weighted by molar-refractivity contribution is 0.381. The van der Waals surface area contributed by atoms with E-state index < -0.39 is 0 Å². The Morgan fingerprint density at radius 3 is 2.39 bits per heavy atom. The van der Waals surface area contributed by atoms with Crippen LogP contribution in [0.1, 0.15) is 55.7 Å². The van der Waals surface area contributed by atoms with Gasteiger partial charge in [0.2, 0.25) is 0 Å². The van der Waals surface area contributed by atoms with Gasteiger partial charge < -0.3 is 10.5 Å². The van der Waals surface area contributed by atoms with Gasteiger partial charge in [-0.2, -0.15) is 0 Å². The fourth-order valence-corrected chi connectivity index (χ4v) is 3.05. The van der Waals surface area contributed by atoms with E-state index in [-0.39, 0.29) is 6.04 Å². The van der Waals surface area contributed by atoms with Gasteiger partial charge in [-0.05, 0) is 42.9 Å². The summed E-state index contributed by atoms with van der Waals surface area (Å²) in [5.74, 6) is 1.60. The molecular formula is C16H25NO. The van der Waals surface area contributed by atoms with Crippen molar-refractivity contribution in [3.63, 3.8) is 0 Å². The molecule has 2 rings (SSSR count). The lowest BCUT2D eigenvalue weighted by atomic mass is 9.87. The molecule has 0 aromatic heterocycles. The largest absolute Gasteiger partial charge is 0.496 e. The second-order valence-corrected chi connectivity index (χ2v) is 5.51. The third-order valence-corrected chi connectivity index (χ3v) is 4.21. The number of rotatable bonds is 3. The number of benzene rings is 1. The topological polar surface area (TPSA) is 35.2 Å². The standard InChI is InChI=1S/C16H25NO/c1-12-11-14(9-10-15(12)18-2)16(17)13-7-5-3-4-6-8-13/h9-11,13,16H,3-8,17H2,1-2H3. The highest BCUT2D eigenvalue weighted by Crippen LogP contribution is 2.33. The first kappa shape index (κ1) is 13.4. The van der Waals surface area contributed by atoms with E-state index in [4.69, 9.17) is 10.5 Å². The summed E-state index contributed by atoms with van der Waals surface area (Å²) in [4.78, 5) is 0. The van der Waals surface area contributed by atoms with Gasteiger partial charge in [0.15, 0.2) is 0 Å². The van der Waals surface area contributed by atoms with Crippen LogP contribution in [-0.2, 0) is 0 Å². The molecule has 18 heavy (non-hydrogen) atoms. The average molecular weight is 247 g/mol. The molecule has 0 heterocycles. The molecule has 1 atom stereocenters. The number of methoxy groups -OCH3 is 1. The van der Waals surface area contributed by atoms with Gasteiger partial charge in [-0.1, -0.05) is 37.8 Å². The quantitative estimate of drug-likeness (QED) is 0.820. The van der Waals surface area contributed by atoms with Gasteiger partial charge >= 0.3 is 0 Å². The zero-order valence-electron chi connectivity index (χ0n) is 11.6. The van der Waals surface area contributed by atoms with Gasteiger partial charge in [0.05, 0.1) is 7.11 Å². The first-order valence-electron chi connectivity index (χ1n) is 7.12. The summed E-state index contributed by atoms with van der Waals surface area (Å²) in [6.07, 6.45) is 8.01. The molecule has 0 saturated heterocycles. The van der Waals surface area contributed by atoms with Crippen molar-refractivity contribution >= 4 is 0 Å². The van der Waals surface area contributed by atoms with E-state index >= 15 is 0 Å². The van der Waals surface area contributed by atoms with Gasteiger partial charge in [0, 0.05) is 6.04 Å². The molecule has 1 aliphatic rings. The van der Waals surface area contributed by atoms with E-state index in [1.165, 1.54) is 49.7 Å². The fourth-order valence-electron chi connectivity index (χ4n) is 3.05. The third-order valence-electron chi connectivity index (χ3n) is 4.21. The molecule has 1 saturated carbocycles. The number of aryl methyl sites for hydroxylation is 1. The van der Waals surface area contributed by atoms with Crippen molar-refractivity contribution in [3.05, 3.63) is 29.3 Å². The summed E-state index contributed by atoms with van der Waals surface area (Å²) in [5, 5.41) is 0. The van der Waals surface area contributed by atoms with Crippen LogP contribution < -0.4 is 10.5 Å². The second kappa shape index (κ2) is 6.24. The predicted molar refractivity (Wildman–Crippen MR) is 75.9 cm³/mol. The number of nitrogens with two attached hydrogens (primary N) is 1. The maximum absolute atomic E-state index is 6.46. The van der Waals surface area contributed by atoms with Crippen molar-refractivity contribution in [1.29, 1.82) is 0 Å². The van der Waals surface area contributed by atoms with Crippen LogP contribution in [0, 0.1) is 12.8 Å². The Morgan fingerprint density at radius 2 is 1.83 bits per heavy atom. The summed E-state index contributed by atoms with van der Waals surface area (Å²) in [6.45, 7) is 2.09. The summed E-state index contributed by atoms with van der Waals surface area (Å²) in [6, 6.07) is 6.55. The Labute approximate surface area is 111 Å². The van der Waals surface area contributed by atoms with E-state index in [0.717, 1.165) is 5.75 Å². The maximum atomic E-state index is 6.46. The normalized spacial score (nSPS) is 19.3. The molecule has 0 amide bonds. The lowest BCUT2D eigenvalue weighted by Crippen LogP contribution is -2.21. The minimum Gasteiger partial charge on any atom is -0.496 e. The Bertz CT molecular complexity index is 381. The molecule has 2 nitrogen and oxygen atoms in total. The first-order chi connectivity index (χ1) is 8.72. The van der Waals surface area contributed by atoms with Crippen molar-refractivity contribution < 1.29 is 4.74 Å². The zero-order chi connectivity index (χ0) is 13.0. The number of ether oxygens (including phenoxy) is 1. The van der Waals surface area contributed by atoms with Gasteiger partial charge in [-0.15, -0.1) is 0 Å². The highest BCUT2D eigenvalue weighted by molar-refractivity contribution is 5.37. The lowest BCUT2D eigenvalue weighted by Gasteiger charge is -2.23. The summed E-state index contributed by atoms with van der Waals surface area (Å²) in [5.41, 5.74) is 8.90. The van der Waals surface area contributed by atoms with E-state index in [2.05, 4.69) is 19.1 Å². The van der Waals surface area contributed by atoms with Crippen molar-refractivity contribution in [1.82, 2.24) is 0 Å². The molecule has 0 radical (unpaired) electrons. The molecule has 2 heteroatoms. The molecule has 100 valence electrons. The van der Waals surface area contributed by atoms with Crippen molar-refractivity contribution in [3.8, 4) is 5.75 Å². The Kier molecular flexibility index (Phi) is 4.65. The molecule has 0 spiro atoms. The van der Waals surface area contributed by atoms with Gasteiger partial charge in [0.25, 0.3) is 0 Å². The molecular weight excluding hydrogens is 222 g/mol. The van der Waals surface area contributed by atoms with Gasteiger partial charge in [0.1, 0.15) is 5.75 Å². The van der Waals surface area contributed by atoms with Crippen LogP contribution in [0.25, 0.3) is 0 Å². The van der Waals surface area contributed by atoms with Crippen LogP contribution in [0.3, 0.4) is 0 Å². The van der Waals surface area contributed by atoms with Gasteiger partial charge in [-0.25, -0.2) is 0 Å². The molecule has 1 aromatic carbocycles. The smallest absolute Gasteiger partial charge is 0.121 e. The van der Waals surface area contributed by atoms with E-state index in [1.54, 1.807) is 7.11 Å². The first-order valence-corrected chi connectivity index (χ1v) is 7.12. The minimum absolute atomic E-state index is 0.188. The number of hydrogen-bond acceptors (Lipinski definition) is 2. The molecule has 1 unspecified atom stereocenters. The van der Waals surface area contributed by atoms with Crippen LogP contribution in [0.2, 0.25) is 0 Å². The highest BCUT2D eigenvalue weighted by Gasteiger charge is 2.21. The van der Waals surface area contributed by atoms with E-state index in [0.29, 0.717) is 5.92 Å². The second-order valence-electron chi connectivity index (χ2n) is 5.51. The van der Waals surface area contributed by atoms with Crippen LogP contribution in [0.15, 0.2) is 18.2 Å². The minimum atomic E-state index is 0.188. The summed E-state index contributed by atoms with van der Waals surface area (Å²) >= 11 is 0. The Hall–Kier alpha value is -1.02. The van der Waals surface area contributed by atoms with Crippen molar-refractivity contribution in [2.24, 2.45) is 11.7 Å². The number of hydrogen-bond donors (Lipinski definition) is 1. The van der Waals surface area contributed by atoms with E-state index in [9.17, 15) is 0 Å². The molecule has 1 aliphatic carbocycles. The molecule has 2 N–H and O–H groups in total. The zero-order valence-corrected chi connectivity index (χ0v) is 11.6. The van der Waals surface area contributed by atoms with Crippen LogP contribution in [0.4, 0.5) is 0 Å². The SMILES string of the molecule is COc1ccc(C(N)C2CCCCCC2)cc1C. The van der Waals surface area contributed by atoms with Crippen LogP contribution >= 0.6 is 0 Å². The predicted octanol–water partition coefficient (Wildman–Crippen LogP) is 3.97. The highest BCUT2D eigenvalue weighted by atomic mass is 16.5. The molecule has 1 aromatic rings. The van der Waals surface area contributed by atoms with Crippen LogP contribution in [0.5, 0.6) is 5.75 Å². The average Bonchev–Trinajstić information content (AvgIpc) is 2.66. The monoisotopic (exact) mass is 247 g/mol. The molecule has 0 aliphatic heterocycles. The maximum Gasteiger partial charge on any atom is 0.121 e. The molecule has 0 bridgehead atoms. The molecule has 1 fully saturated rings. The van der Waals surface area contributed by atoms with Crippen molar-refractivity contribution in [2.75, 3.05) is 7.11 Å². The summed E-state index contributed by atoms with van der Waals surface area (Å²) in [7, 11) is 1.72. The fraction of sp³-hybridized carbons (Fsp3) is 0.625. The van der Waals surface area contributed by atoms with Gasteiger partial charge in [-0.3, -0.25) is 0 Å². The van der Waals surface area contributed by atoms with Crippen molar-refractivity contribution in [2.45, 2.75) is 51.5 Å². The Morgan fingerprint density at radius 1 is 1.17 bits per heavy atom. The Balaban J connectivity index is 2.11.